The van der Waals surface area contributed by atoms with Gasteiger partial charge in [0.05, 0.1) is 5.69 Å². The number of rotatable bonds is 5. The Hall–Kier alpha value is -3.87. The summed E-state index contributed by atoms with van der Waals surface area (Å²) < 4.78 is 10.6. The monoisotopic (exact) mass is 360 g/mol. The first-order chi connectivity index (χ1) is 13.3. The van der Waals surface area contributed by atoms with Crippen molar-refractivity contribution in [2.75, 3.05) is 6.79 Å². The van der Waals surface area contributed by atoms with Crippen molar-refractivity contribution in [1.29, 1.82) is 0 Å². The first-order valence-corrected chi connectivity index (χ1v) is 8.30. The second kappa shape index (κ2) is 7.57. The number of benzene rings is 2. The maximum absolute atomic E-state index is 12.1. The highest BCUT2D eigenvalue weighted by atomic mass is 16.7. The number of ether oxygens (including phenoxy) is 2. The molecule has 0 saturated heterocycles. The molecule has 1 aliphatic heterocycles. The van der Waals surface area contributed by atoms with Gasteiger partial charge in [-0.05, 0) is 35.9 Å². The highest BCUT2D eigenvalue weighted by molar-refractivity contribution is 5.94. The van der Waals surface area contributed by atoms with Crippen LogP contribution in [0.5, 0.6) is 11.5 Å². The summed E-state index contributed by atoms with van der Waals surface area (Å²) in [4.78, 5) is 12.1. The third kappa shape index (κ3) is 3.87. The van der Waals surface area contributed by atoms with E-state index in [0.717, 1.165) is 11.1 Å². The Morgan fingerprint density at radius 1 is 1.11 bits per heavy atom. The molecule has 0 fully saturated rings. The number of nitrogens with zero attached hydrogens (tertiary/aromatic N) is 2. The lowest BCUT2D eigenvalue weighted by atomic mass is 10.1. The Labute approximate surface area is 155 Å². The summed E-state index contributed by atoms with van der Waals surface area (Å²) in [6.45, 7) is 0.212. The number of amides is 1. The summed E-state index contributed by atoms with van der Waals surface area (Å²) in [6.07, 6.45) is 5.16. The molecule has 0 spiro atoms. The molecule has 2 N–H and O–H groups in total. The predicted molar refractivity (Wildman–Crippen MR) is 102 cm³/mol. The average molecular weight is 360 g/mol. The van der Waals surface area contributed by atoms with Crippen LogP contribution in [0.3, 0.4) is 0 Å². The van der Waals surface area contributed by atoms with Gasteiger partial charge in [0.2, 0.25) is 6.79 Å². The molecule has 7 nitrogen and oxygen atoms in total. The second-order valence-corrected chi connectivity index (χ2v) is 5.72. The molecule has 0 unspecified atom stereocenters. The minimum atomic E-state index is -0.376. The molecule has 27 heavy (non-hydrogen) atoms. The number of hydrogen-bond donors (Lipinski definition) is 2. The number of aromatic nitrogens is 2. The molecular formula is C20H16N4O3. The minimum absolute atomic E-state index is 0.212. The van der Waals surface area contributed by atoms with Gasteiger partial charge >= 0.3 is 0 Å². The maximum Gasteiger partial charge on any atom is 0.289 e. The van der Waals surface area contributed by atoms with Crippen LogP contribution < -0.4 is 14.9 Å². The van der Waals surface area contributed by atoms with E-state index in [0.29, 0.717) is 22.9 Å². The highest BCUT2D eigenvalue weighted by Gasteiger charge is 2.16. The molecule has 3 aromatic rings. The Morgan fingerprint density at radius 2 is 1.96 bits per heavy atom. The zero-order valence-corrected chi connectivity index (χ0v) is 14.3. The molecule has 0 saturated carbocycles. The van der Waals surface area contributed by atoms with E-state index in [2.05, 4.69) is 20.7 Å². The molecule has 0 radical (unpaired) electrons. The molecular weight excluding hydrogens is 344 g/mol. The van der Waals surface area contributed by atoms with Crippen LogP contribution in [0.4, 0.5) is 0 Å². The zero-order chi connectivity index (χ0) is 18.5. The van der Waals surface area contributed by atoms with Gasteiger partial charge in [-0.3, -0.25) is 9.89 Å². The van der Waals surface area contributed by atoms with E-state index in [1.54, 1.807) is 12.1 Å². The lowest BCUT2D eigenvalue weighted by Gasteiger charge is -1.98. The Bertz CT molecular complexity index is 1010. The fourth-order valence-corrected chi connectivity index (χ4v) is 2.56. The topological polar surface area (TPSA) is 88.6 Å². The fraction of sp³-hybridized carbons (Fsp3) is 0.0500. The van der Waals surface area contributed by atoms with Crippen molar-refractivity contribution in [3.05, 3.63) is 71.9 Å². The third-order valence-electron chi connectivity index (χ3n) is 3.91. The van der Waals surface area contributed by atoms with Gasteiger partial charge in [-0.15, -0.1) is 0 Å². The molecule has 4 rings (SSSR count). The molecule has 0 bridgehead atoms. The smallest absolute Gasteiger partial charge is 0.289 e. The Kier molecular flexibility index (Phi) is 4.65. The summed E-state index contributed by atoms with van der Waals surface area (Å²) in [5, 5.41) is 10.8. The van der Waals surface area contributed by atoms with Crippen LogP contribution in [0.25, 0.3) is 17.3 Å². The van der Waals surface area contributed by atoms with Gasteiger partial charge < -0.3 is 9.47 Å². The van der Waals surface area contributed by atoms with Crippen LogP contribution in [-0.2, 0) is 0 Å². The van der Waals surface area contributed by atoms with Crippen LogP contribution in [0.15, 0.2) is 65.8 Å². The molecule has 2 heterocycles. The Morgan fingerprint density at radius 3 is 2.85 bits per heavy atom. The van der Waals surface area contributed by atoms with E-state index in [9.17, 15) is 4.79 Å². The van der Waals surface area contributed by atoms with Gasteiger partial charge in [-0.1, -0.05) is 36.4 Å². The SMILES string of the molecule is O=C(N/N=C/C=C/c1ccccc1)c1cc(-c2ccc3c(c2)OCO3)n[nH]1. The van der Waals surface area contributed by atoms with Crippen LogP contribution >= 0.6 is 0 Å². The lowest BCUT2D eigenvalue weighted by molar-refractivity contribution is 0.0950. The number of carbonyl (C=O) groups excluding carboxylic acids is 1. The molecule has 2 aromatic carbocycles. The number of allylic oxidation sites excluding steroid dienone is 1. The Balaban J connectivity index is 1.37. The van der Waals surface area contributed by atoms with E-state index in [-0.39, 0.29) is 12.7 Å². The fourth-order valence-electron chi connectivity index (χ4n) is 2.56. The van der Waals surface area contributed by atoms with Crippen molar-refractivity contribution in [3.8, 4) is 22.8 Å². The van der Waals surface area contributed by atoms with E-state index >= 15 is 0 Å². The number of fused-ring (bicyclic) bond motifs is 1. The van der Waals surface area contributed by atoms with Crippen LogP contribution in [0, 0.1) is 0 Å². The van der Waals surface area contributed by atoms with Gasteiger partial charge in [0.15, 0.2) is 11.5 Å². The lowest BCUT2D eigenvalue weighted by Crippen LogP contribution is -2.17. The van der Waals surface area contributed by atoms with Crippen molar-refractivity contribution < 1.29 is 14.3 Å². The molecule has 1 aliphatic rings. The van der Waals surface area contributed by atoms with Gasteiger partial charge in [0.1, 0.15) is 5.69 Å². The highest BCUT2D eigenvalue weighted by Crippen LogP contribution is 2.35. The van der Waals surface area contributed by atoms with Gasteiger partial charge in [-0.25, -0.2) is 5.43 Å². The van der Waals surface area contributed by atoms with Gasteiger partial charge in [0.25, 0.3) is 5.91 Å². The largest absolute Gasteiger partial charge is 0.454 e. The average Bonchev–Trinajstić information content (AvgIpc) is 3.37. The summed E-state index contributed by atoms with van der Waals surface area (Å²) >= 11 is 0. The van der Waals surface area contributed by atoms with E-state index in [1.165, 1.54) is 6.21 Å². The molecule has 1 aromatic heterocycles. The first kappa shape index (κ1) is 16.6. The molecule has 0 atom stereocenters. The van der Waals surface area contributed by atoms with Crippen molar-refractivity contribution in [2.24, 2.45) is 5.10 Å². The van der Waals surface area contributed by atoms with Crippen molar-refractivity contribution in [1.82, 2.24) is 15.6 Å². The normalized spacial score (nSPS) is 12.7. The van der Waals surface area contributed by atoms with Crippen molar-refractivity contribution in [2.45, 2.75) is 0 Å². The van der Waals surface area contributed by atoms with Crippen LogP contribution in [0.2, 0.25) is 0 Å². The molecule has 0 aliphatic carbocycles. The number of hydrazone groups is 1. The molecule has 1 amide bonds. The summed E-state index contributed by atoms with van der Waals surface area (Å²) in [6, 6.07) is 17.0. The number of aromatic amines is 1. The maximum atomic E-state index is 12.1. The van der Waals surface area contributed by atoms with Crippen molar-refractivity contribution in [3.63, 3.8) is 0 Å². The third-order valence-corrected chi connectivity index (χ3v) is 3.91. The van der Waals surface area contributed by atoms with Crippen LogP contribution in [0.1, 0.15) is 16.1 Å². The number of carbonyl (C=O) groups is 1. The van der Waals surface area contributed by atoms with Crippen LogP contribution in [-0.4, -0.2) is 29.1 Å². The van der Waals surface area contributed by atoms with E-state index in [1.807, 2.05) is 54.6 Å². The van der Waals surface area contributed by atoms with E-state index in [4.69, 9.17) is 9.47 Å². The number of hydrogen-bond acceptors (Lipinski definition) is 5. The molecule has 134 valence electrons. The zero-order valence-electron chi connectivity index (χ0n) is 14.3. The second-order valence-electron chi connectivity index (χ2n) is 5.72. The number of H-pyrrole nitrogens is 1. The van der Waals surface area contributed by atoms with Crippen molar-refractivity contribution >= 4 is 18.2 Å². The summed E-state index contributed by atoms with van der Waals surface area (Å²) in [5.74, 6) is 0.986. The van der Waals surface area contributed by atoms with Gasteiger partial charge in [0, 0.05) is 11.8 Å². The minimum Gasteiger partial charge on any atom is -0.454 e. The predicted octanol–water partition coefficient (Wildman–Crippen LogP) is 3.23. The quantitative estimate of drug-likeness (QED) is 0.540. The summed E-state index contributed by atoms with van der Waals surface area (Å²) in [5.41, 5.74) is 5.27. The van der Waals surface area contributed by atoms with E-state index < -0.39 is 0 Å². The number of nitrogens with one attached hydrogen (secondary N) is 2. The molecule has 7 heteroatoms. The first-order valence-electron chi connectivity index (χ1n) is 8.30. The standard InChI is InChI=1S/C20H16N4O3/c25-20(24-21-10-4-7-14-5-2-1-3-6-14)17-12-16(22-23-17)15-8-9-18-19(11-15)27-13-26-18/h1-12H,13H2,(H,22,23)(H,24,25)/b7-4+,21-10+. The summed E-state index contributed by atoms with van der Waals surface area (Å²) in [7, 11) is 0. The van der Waals surface area contributed by atoms with Gasteiger partial charge in [-0.2, -0.15) is 10.2 Å².